The first-order valence-electron chi connectivity index (χ1n) is 18.0. The first kappa shape index (κ1) is 46.9. The summed E-state index contributed by atoms with van der Waals surface area (Å²) in [6, 6.07) is 4.27. The van der Waals surface area contributed by atoms with Gasteiger partial charge in [-0.05, 0) is 123 Å². The summed E-state index contributed by atoms with van der Waals surface area (Å²) in [6.45, 7) is 29.5. The predicted octanol–water partition coefficient (Wildman–Crippen LogP) is 8.38. The Labute approximate surface area is 322 Å². The summed E-state index contributed by atoms with van der Waals surface area (Å²) < 4.78 is 43.4. The average Bonchev–Trinajstić information content (AvgIpc) is 3.26. The molecule has 1 aliphatic heterocycles. The van der Waals surface area contributed by atoms with E-state index in [2.05, 4.69) is 85.1 Å². The molecule has 0 spiro atoms. The van der Waals surface area contributed by atoms with E-state index in [1.807, 2.05) is 0 Å². The van der Waals surface area contributed by atoms with E-state index in [1.165, 1.54) is 19.1 Å². The van der Waals surface area contributed by atoms with E-state index < -0.39 is 80.1 Å². The Morgan fingerprint density at radius 1 is 0.811 bits per heavy atom. The summed E-state index contributed by atoms with van der Waals surface area (Å²) in [5.74, 6) is -0.937. The van der Waals surface area contributed by atoms with Crippen molar-refractivity contribution in [2.45, 2.75) is 136 Å². The van der Waals surface area contributed by atoms with Crippen LogP contribution in [0.25, 0.3) is 0 Å². The second-order valence-electron chi connectivity index (χ2n) is 16.5. The average molecular weight is 850 g/mol. The number of rotatable bonds is 22. The lowest BCUT2D eigenvalue weighted by molar-refractivity contribution is -0.386. The Hall–Kier alpha value is -2.23. The normalized spacial score (nSPS) is 15.2. The van der Waals surface area contributed by atoms with Crippen LogP contribution < -0.4 is 9.47 Å². The van der Waals surface area contributed by atoms with Crippen LogP contribution in [-0.2, 0) is 35.6 Å². The maximum absolute atomic E-state index is 12.5. The maximum Gasteiger partial charge on any atom is 0.534 e. The van der Waals surface area contributed by atoms with E-state index in [0.29, 0.717) is 17.9 Å². The number of ether oxygens (including phenoxy) is 3. The molecule has 1 saturated heterocycles. The largest absolute Gasteiger partial charge is 0.534 e. The third kappa shape index (κ3) is 17.0. The Balaban J connectivity index is 2.27. The highest BCUT2D eigenvalue weighted by atomic mass is 28.5. The molecule has 1 atom stereocenters. The summed E-state index contributed by atoms with van der Waals surface area (Å²) >= 11 is 0. The molecule has 1 aromatic rings. The van der Waals surface area contributed by atoms with Gasteiger partial charge in [-0.3, -0.25) is 24.5 Å². The van der Waals surface area contributed by atoms with Crippen LogP contribution in [0, 0.1) is 10.1 Å². The fourth-order valence-electron chi connectivity index (χ4n) is 6.30. The molecule has 0 aromatic heterocycles. The number of nitro groups is 1. The van der Waals surface area contributed by atoms with Crippen LogP contribution in [0.5, 0.6) is 11.5 Å². The molecule has 0 N–H and O–H groups in total. The monoisotopic (exact) mass is 849 g/mol. The van der Waals surface area contributed by atoms with Gasteiger partial charge in [0.05, 0.1) is 29.8 Å². The number of hydroxylamine groups is 2. The van der Waals surface area contributed by atoms with E-state index >= 15 is 0 Å². The van der Waals surface area contributed by atoms with Gasteiger partial charge in [0.25, 0.3) is 17.5 Å². The van der Waals surface area contributed by atoms with E-state index in [1.54, 1.807) is 0 Å². The summed E-state index contributed by atoms with van der Waals surface area (Å²) in [5.41, 5.74) is -0.346. The van der Waals surface area contributed by atoms with E-state index in [-0.39, 0.29) is 48.8 Å². The molecule has 2 rings (SSSR count). The molecule has 1 heterocycles. The highest BCUT2D eigenvalue weighted by Gasteiger charge is 2.39. The van der Waals surface area contributed by atoms with Crippen molar-refractivity contribution in [3.8, 4) is 11.5 Å². The van der Waals surface area contributed by atoms with Crippen molar-refractivity contribution in [1.82, 2.24) is 5.06 Å². The quantitative estimate of drug-likeness (QED) is 0.0272. The number of nitrogens with zero attached hydrogens (tertiary/aromatic N) is 2. The van der Waals surface area contributed by atoms with Crippen molar-refractivity contribution in [3.63, 3.8) is 0 Å². The van der Waals surface area contributed by atoms with Crippen molar-refractivity contribution in [3.05, 3.63) is 27.8 Å². The molecule has 0 saturated carbocycles. The van der Waals surface area contributed by atoms with Crippen LogP contribution in [0.2, 0.25) is 97.2 Å². The zero-order valence-electron chi connectivity index (χ0n) is 34.1. The molecule has 0 bridgehead atoms. The maximum atomic E-state index is 12.5. The van der Waals surface area contributed by atoms with Crippen LogP contribution in [0.4, 0.5) is 10.5 Å². The molecule has 1 aliphatic rings. The smallest absolute Gasteiger partial charge is 0.490 e. The van der Waals surface area contributed by atoms with Crippen LogP contribution >= 0.6 is 0 Å². The molecule has 1 unspecified atom stereocenters. The van der Waals surface area contributed by atoms with Gasteiger partial charge in [-0.1, -0.05) is 5.06 Å². The molecule has 1 radical (unpaired) electrons. The van der Waals surface area contributed by atoms with Gasteiger partial charge < -0.3 is 30.7 Å². The number of benzene rings is 1. The lowest BCUT2D eigenvalue weighted by Crippen LogP contribution is -2.51. The van der Waals surface area contributed by atoms with Gasteiger partial charge in [0.1, 0.15) is 6.10 Å². The molecule has 301 valence electrons. The van der Waals surface area contributed by atoms with Gasteiger partial charge in [-0.25, -0.2) is 4.79 Å². The first-order valence-corrected chi connectivity index (χ1v) is 35.7. The highest BCUT2D eigenvalue weighted by molar-refractivity contribution is 6.87. The second-order valence-corrected chi connectivity index (χ2v) is 39.4. The zero-order chi connectivity index (χ0) is 40.6. The molecule has 1 aromatic carbocycles. The molecule has 0 aliphatic carbocycles. The SMILES string of the molecule is CC(OC(=O)ON1C(=O)CCC1=O)c1cc(OCCC[Si](C)(C)O[Si](C)(C)O[Si](C)(C)C)c(OCCC[Si](C)(C)O[Si](C)(C)O[Si](C)C)cc1[N+](=O)[O-]. The topological polar surface area (TPSA) is 171 Å². The number of hydrogen-bond donors (Lipinski definition) is 0. The number of nitro benzene ring substituents is 1. The van der Waals surface area contributed by atoms with Crippen molar-refractivity contribution < 1.29 is 54.8 Å². The second kappa shape index (κ2) is 19.1. The van der Waals surface area contributed by atoms with E-state index in [9.17, 15) is 24.5 Å². The van der Waals surface area contributed by atoms with Gasteiger partial charge >= 0.3 is 23.3 Å². The fraction of sp³-hybridized carbons (Fsp3) is 0.719. The minimum atomic E-state index is -2.33. The highest BCUT2D eigenvalue weighted by Crippen LogP contribution is 2.39. The van der Waals surface area contributed by atoms with Gasteiger partial charge in [0.15, 0.2) is 45.5 Å². The molecule has 2 amide bonds. The van der Waals surface area contributed by atoms with Crippen LogP contribution in [-0.4, -0.2) is 92.3 Å². The fourth-order valence-corrected chi connectivity index (χ4v) is 30.7. The van der Waals surface area contributed by atoms with E-state index in [0.717, 1.165) is 12.1 Å². The van der Waals surface area contributed by atoms with Crippen LogP contribution in [0.15, 0.2) is 12.1 Å². The first-order chi connectivity index (χ1) is 24.1. The van der Waals surface area contributed by atoms with Gasteiger partial charge in [-0.2, -0.15) is 0 Å². The summed E-state index contributed by atoms with van der Waals surface area (Å²) in [4.78, 5) is 52.9. The predicted molar refractivity (Wildman–Crippen MR) is 215 cm³/mol. The summed E-state index contributed by atoms with van der Waals surface area (Å²) in [6.07, 6.45) is -1.45. The lowest BCUT2D eigenvalue weighted by Gasteiger charge is -2.37. The number of carbonyl (C=O) groups excluding carboxylic acids is 3. The standard InChI is InChI=1S/C32H61N2O13Si6/c1-25(42-32(37)43-33-30(35)17-18-31(33)36)26-23-28(40-19-15-22-51(9,10)47-53(13,14)45-49(4,5)6)29(24-27(26)34(38)39)41-20-16-21-50(7,8)46-52(11,12)44-48(2)3/h23-25H,15-22H2,1-14H3. The third-order valence-corrected chi connectivity index (χ3v) is 27.1. The van der Waals surface area contributed by atoms with Crippen molar-refractivity contribution >= 4 is 74.8 Å². The molecular formula is C32H61N2O13Si6. The molecule has 21 heteroatoms. The van der Waals surface area contributed by atoms with E-state index in [4.69, 9.17) is 35.5 Å². The van der Waals surface area contributed by atoms with Crippen molar-refractivity contribution in [1.29, 1.82) is 0 Å². The number of hydrogen-bond acceptors (Lipinski definition) is 13. The number of carbonyl (C=O) groups is 3. The number of imide groups is 1. The van der Waals surface area contributed by atoms with Gasteiger partial charge in [0.2, 0.25) is 0 Å². The van der Waals surface area contributed by atoms with Gasteiger partial charge in [0, 0.05) is 12.8 Å². The summed E-state index contributed by atoms with van der Waals surface area (Å²) in [7, 11) is -11.5. The Morgan fingerprint density at radius 3 is 1.74 bits per heavy atom. The summed E-state index contributed by atoms with van der Waals surface area (Å²) in [5, 5.41) is 12.6. The lowest BCUT2D eigenvalue weighted by atomic mass is 10.1. The van der Waals surface area contributed by atoms with Crippen LogP contribution in [0.1, 0.15) is 44.3 Å². The number of amides is 2. The van der Waals surface area contributed by atoms with Gasteiger partial charge in [-0.15, -0.1) is 0 Å². The minimum absolute atomic E-state index is 0.0181. The van der Waals surface area contributed by atoms with Crippen molar-refractivity contribution in [2.75, 3.05) is 13.2 Å². The molecule has 53 heavy (non-hydrogen) atoms. The Kier molecular flexibility index (Phi) is 16.9. The third-order valence-electron chi connectivity index (χ3n) is 7.58. The van der Waals surface area contributed by atoms with Crippen LogP contribution in [0.3, 0.4) is 0 Å². The Bertz CT molecular complexity index is 1440. The minimum Gasteiger partial charge on any atom is -0.490 e. The zero-order valence-corrected chi connectivity index (χ0v) is 40.1. The van der Waals surface area contributed by atoms with Crippen molar-refractivity contribution in [2.24, 2.45) is 0 Å². The Morgan fingerprint density at radius 2 is 1.28 bits per heavy atom. The molecular weight excluding hydrogens is 789 g/mol. The molecule has 1 fully saturated rings. The molecule has 15 nitrogen and oxygen atoms in total.